The van der Waals surface area contributed by atoms with E-state index in [-0.39, 0.29) is 10.6 Å². The fourth-order valence-corrected chi connectivity index (χ4v) is 2.89. The van der Waals surface area contributed by atoms with Gasteiger partial charge in [-0.15, -0.1) is 5.10 Å². The van der Waals surface area contributed by atoms with E-state index < -0.39 is 28.2 Å². The zero-order valence-corrected chi connectivity index (χ0v) is 12.9. The molecule has 0 saturated carbocycles. The van der Waals surface area contributed by atoms with E-state index in [0.29, 0.717) is 11.1 Å². The van der Waals surface area contributed by atoms with E-state index in [1.807, 2.05) is 0 Å². The quantitative estimate of drug-likeness (QED) is 0.623. The molecule has 2 rings (SSSR count). The van der Waals surface area contributed by atoms with Crippen LogP contribution in [-0.4, -0.2) is 25.4 Å². The van der Waals surface area contributed by atoms with Gasteiger partial charge in [0.25, 0.3) is 0 Å². The molecule has 10 heteroatoms. The van der Waals surface area contributed by atoms with Crippen LogP contribution in [0.25, 0.3) is 5.69 Å². The first-order valence-electron chi connectivity index (χ1n) is 5.92. The van der Waals surface area contributed by atoms with Crippen LogP contribution in [-0.2, 0) is 15.9 Å². The average molecular weight is 356 g/mol. The molecule has 1 unspecified atom stereocenters. The lowest BCUT2D eigenvalue weighted by Gasteiger charge is -2.11. The molecule has 0 N–H and O–H groups in total. The molecule has 1 atom stereocenters. The zero-order valence-electron chi connectivity index (χ0n) is 11.4. The summed E-state index contributed by atoms with van der Waals surface area (Å²) in [6, 6.07) is 3.03. The van der Waals surface area contributed by atoms with E-state index in [9.17, 15) is 21.8 Å². The molecule has 1 heterocycles. The van der Waals surface area contributed by atoms with Crippen LogP contribution in [0.2, 0.25) is 0 Å². The van der Waals surface area contributed by atoms with Crippen LogP contribution < -0.4 is 0 Å². The summed E-state index contributed by atoms with van der Waals surface area (Å²) in [5, 5.41) is 3.40. The third-order valence-corrected chi connectivity index (χ3v) is 4.26. The summed E-state index contributed by atoms with van der Waals surface area (Å²) < 4.78 is 63.4. The third-order valence-electron chi connectivity index (χ3n) is 2.98. The van der Waals surface area contributed by atoms with Crippen molar-refractivity contribution in [3.8, 4) is 5.69 Å². The van der Waals surface area contributed by atoms with E-state index in [1.165, 1.54) is 6.07 Å². The second-order valence-corrected chi connectivity index (χ2v) is 6.29. The first-order chi connectivity index (χ1) is 10.1. The molecule has 0 fully saturated rings. The third kappa shape index (κ3) is 3.00. The molecule has 0 aliphatic carbocycles. The number of benzene rings is 1. The summed E-state index contributed by atoms with van der Waals surface area (Å²) >= 11 is 0. The average Bonchev–Trinajstić information content (AvgIpc) is 2.88. The van der Waals surface area contributed by atoms with Gasteiger partial charge in [-0.2, -0.15) is 8.78 Å². The van der Waals surface area contributed by atoms with E-state index in [4.69, 9.17) is 10.7 Å². The second-order valence-electron chi connectivity index (χ2n) is 4.56. The highest BCUT2D eigenvalue weighted by Crippen LogP contribution is 2.32. The lowest BCUT2D eigenvalue weighted by atomic mass is 10.1. The van der Waals surface area contributed by atoms with Crippen LogP contribution in [0.15, 0.2) is 23.4 Å². The molecular formula is C12H10ClF4N3OS. The van der Waals surface area contributed by atoms with Gasteiger partial charge in [-0.1, -0.05) is 6.07 Å². The van der Waals surface area contributed by atoms with Gasteiger partial charge in [-0.3, -0.25) is 0 Å². The monoisotopic (exact) mass is 355 g/mol. The predicted octanol–water partition coefficient (Wildman–Crippen LogP) is 3.50. The van der Waals surface area contributed by atoms with Gasteiger partial charge in [-0.25, -0.2) is 22.7 Å². The highest BCUT2D eigenvalue weighted by atomic mass is 35.7. The fourth-order valence-electron chi connectivity index (χ4n) is 1.87. The number of nitrogens with zero attached hydrogens (tertiary/aromatic N) is 3. The Balaban J connectivity index is 2.52. The maximum absolute atomic E-state index is 13.2. The number of alkyl halides is 4. The summed E-state index contributed by atoms with van der Waals surface area (Å²) in [4.78, 5) is 3.51. The molecule has 0 spiro atoms. The number of aryl methyl sites for hydroxylation is 2. The minimum absolute atomic E-state index is 0.276. The van der Waals surface area contributed by atoms with Crippen molar-refractivity contribution in [3.63, 3.8) is 0 Å². The van der Waals surface area contributed by atoms with Gasteiger partial charge in [-0.05, 0) is 41.7 Å². The Bertz CT molecular complexity index is 735. The highest BCUT2D eigenvalue weighted by Gasteiger charge is 2.46. The molecule has 22 heavy (non-hydrogen) atoms. The largest absolute Gasteiger partial charge is 0.367 e. The Hall–Kier alpha value is -1.48. The van der Waals surface area contributed by atoms with E-state index in [2.05, 4.69) is 10.1 Å². The van der Waals surface area contributed by atoms with E-state index in [1.54, 1.807) is 19.9 Å². The van der Waals surface area contributed by atoms with E-state index in [0.717, 1.165) is 11.0 Å². The SMILES string of the molecule is Cc1cc(C)c(S(=O)Cl)cc1-n1cnc(C(F)(F)C(F)F)n1. The molecule has 0 aliphatic rings. The van der Waals surface area contributed by atoms with Crippen molar-refractivity contribution in [2.24, 2.45) is 0 Å². The van der Waals surface area contributed by atoms with Gasteiger partial charge in [0.2, 0.25) is 5.82 Å². The van der Waals surface area contributed by atoms with Crippen molar-refractivity contribution >= 4 is 20.7 Å². The first kappa shape index (κ1) is 16.9. The van der Waals surface area contributed by atoms with Crippen molar-refractivity contribution in [3.05, 3.63) is 35.4 Å². The summed E-state index contributed by atoms with van der Waals surface area (Å²) in [6.45, 7) is 3.35. The van der Waals surface area contributed by atoms with Gasteiger partial charge < -0.3 is 0 Å². The number of hydrogen-bond acceptors (Lipinski definition) is 3. The summed E-state index contributed by atoms with van der Waals surface area (Å²) in [7, 11) is 3.74. The Morgan fingerprint density at radius 1 is 1.27 bits per heavy atom. The number of rotatable bonds is 4. The molecule has 1 aromatic carbocycles. The standard InChI is InChI=1S/C12H10ClF4N3OS/c1-6-3-7(2)9(22(13)21)4-8(6)20-5-18-11(19-20)12(16,17)10(14)15/h3-5,10H,1-2H3. The maximum atomic E-state index is 13.2. The van der Waals surface area contributed by atoms with Gasteiger partial charge in [0, 0.05) is 0 Å². The topological polar surface area (TPSA) is 47.8 Å². The van der Waals surface area contributed by atoms with Gasteiger partial charge in [0.05, 0.1) is 10.6 Å². The van der Waals surface area contributed by atoms with Gasteiger partial charge in [0.1, 0.15) is 16.3 Å². The van der Waals surface area contributed by atoms with Crippen LogP contribution in [0.3, 0.4) is 0 Å². The van der Waals surface area contributed by atoms with Crippen molar-refractivity contribution in [1.29, 1.82) is 0 Å². The van der Waals surface area contributed by atoms with Crippen molar-refractivity contribution in [1.82, 2.24) is 14.8 Å². The smallest absolute Gasteiger partial charge is 0.237 e. The Kier molecular flexibility index (Phi) is 4.57. The lowest BCUT2D eigenvalue weighted by Crippen LogP contribution is -2.25. The normalized spacial score (nSPS) is 13.6. The molecule has 0 radical (unpaired) electrons. The minimum atomic E-state index is -4.44. The van der Waals surface area contributed by atoms with Crippen molar-refractivity contribution < 1.29 is 21.8 Å². The minimum Gasteiger partial charge on any atom is -0.237 e. The fraction of sp³-hybridized carbons (Fsp3) is 0.333. The molecule has 2 aromatic rings. The highest BCUT2D eigenvalue weighted by molar-refractivity contribution is 8.08. The first-order valence-corrected chi connectivity index (χ1v) is 7.90. The van der Waals surface area contributed by atoms with Crippen molar-refractivity contribution in [2.75, 3.05) is 0 Å². The maximum Gasteiger partial charge on any atom is 0.367 e. The Morgan fingerprint density at radius 3 is 2.45 bits per heavy atom. The van der Waals surface area contributed by atoms with Crippen molar-refractivity contribution in [2.45, 2.75) is 31.1 Å². The molecule has 4 nitrogen and oxygen atoms in total. The zero-order chi connectivity index (χ0) is 16.7. The summed E-state index contributed by atoms with van der Waals surface area (Å²) in [5.41, 5.74) is 1.53. The van der Waals surface area contributed by atoms with Gasteiger partial charge >= 0.3 is 12.3 Å². The molecule has 1 aromatic heterocycles. The van der Waals surface area contributed by atoms with Crippen LogP contribution >= 0.6 is 10.7 Å². The number of aromatic nitrogens is 3. The Labute approximate surface area is 130 Å². The summed E-state index contributed by atoms with van der Waals surface area (Å²) in [6.07, 6.45) is -3.02. The predicted molar refractivity (Wildman–Crippen MR) is 73.0 cm³/mol. The van der Waals surface area contributed by atoms with Crippen LogP contribution in [0.4, 0.5) is 17.6 Å². The molecule has 120 valence electrons. The molecule has 0 saturated heterocycles. The van der Waals surface area contributed by atoms with Crippen LogP contribution in [0.1, 0.15) is 17.0 Å². The molecule has 0 bridgehead atoms. The molecule has 0 aliphatic heterocycles. The van der Waals surface area contributed by atoms with Gasteiger partial charge in [0.15, 0.2) is 0 Å². The second kappa shape index (κ2) is 5.96. The molecular weight excluding hydrogens is 346 g/mol. The summed E-state index contributed by atoms with van der Waals surface area (Å²) in [5.74, 6) is -5.72. The number of hydrogen-bond donors (Lipinski definition) is 0. The Morgan fingerprint density at radius 2 is 1.91 bits per heavy atom. The number of halogens is 5. The van der Waals surface area contributed by atoms with Crippen LogP contribution in [0.5, 0.6) is 0 Å². The van der Waals surface area contributed by atoms with Crippen LogP contribution in [0, 0.1) is 13.8 Å². The molecule has 0 amide bonds. The lowest BCUT2D eigenvalue weighted by molar-refractivity contribution is -0.140. The van der Waals surface area contributed by atoms with E-state index >= 15 is 0 Å².